The van der Waals surface area contributed by atoms with Crippen LogP contribution in [0.1, 0.15) is 111 Å². The van der Waals surface area contributed by atoms with Crippen LogP contribution in [0.3, 0.4) is 0 Å². The van der Waals surface area contributed by atoms with Crippen molar-refractivity contribution < 1.29 is 8.83 Å². The Bertz CT molecular complexity index is 3450. The lowest BCUT2D eigenvalue weighted by Crippen LogP contribution is -2.10. The third-order valence-electron chi connectivity index (χ3n) is 13.5. The van der Waals surface area contributed by atoms with Gasteiger partial charge < -0.3 is 8.83 Å². The second-order valence-corrected chi connectivity index (χ2v) is 22.0. The van der Waals surface area contributed by atoms with Crippen LogP contribution in [0.2, 0.25) is 0 Å². The van der Waals surface area contributed by atoms with Crippen LogP contribution in [0, 0.1) is 11.3 Å². The molecular weight excluding hydrogens is 787 g/mol. The number of fused-ring (bicyclic) bond motifs is 12. The molecule has 6 aromatic heterocycles. The van der Waals surface area contributed by atoms with Gasteiger partial charge in [0.25, 0.3) is 0 Å². The van der Waals surface area contributed by atoms with Gasteiger partial charge in [-0.3, -0.25) is 9.13 Å². The predicted molar refractivity (Wildman–Crippen MR) is 265 cm³/mol. The number of aromatic nitrogens is 4. The van der Waals surface area contributed by atoms with Gasteiger partial charge in [0.15, 0.2) is 11.2 Å². The van der Waals surface area contributed by atoms with Crippen molar-refractivity contribution in [2.45, 2.75) is 105 Å². The van der Waals surface area contributed by atoms with Crippen LogP contribution in [0.4, 0.5) is 0 Å². The first-order chi connectivity index (χ1) is 30.2. The normalized spacial score (nSPS) is 13.3. The number of furan rings is 2. The first-order valence-electron chi connectivity index (χ1n) is 22.4. The minimum Gasteiger partial charge on any atom is -0.436 e. The highest BCUT2D eigenvalue weighted by Gasteiger charge is 2.26. The molecule has 0 aliphatic heterocycles. The summed E-state index contributed by atoms with van der Waals surface area (Å²) in [6.07, 6.45) is 0. The zero-order valence-electron chi connectivity index (χ0n) is 38.9. The molecular formula is C57H53N5O2. The molecule has 11 aromatic rings. The molecule has 318 valence electrons. The molecule has 6 heterocycles. The zero-order chi connectivity index (χ0) is 45.0. The van der Waals surface area contributed by atoms with Crippen molar-refractivity contribution in [1.82, 2.24) is 19.1 Å². The van der Waals surface area contributed by atoms with Crippen LogP contribution < -0.4 is 0 Å². The highest BCUT2D eigenvalue weighted by molar-refractivity contribution is 6.18. The zero-order valence-corrected chi connectivity index (χ0v) is 38.9. The maximum atomic E-state index is 10.8. The summed E-state index contributed by atoms with van der Waals surface area (Å²) < 4.78 is 17.6. The fourth-order valence-electron chi connectivity index (χ4n) is 9.64. The van der Waals surface area contributed by atoms with E-state index in [2.05, 4.69) is 201 Å². The summed E-state index contributed by atoms with van der Waals surface area (Å²) in [6, 6.07) is 39.9. The standard InChI is InChI=1S/C57H53N5O2/c1-54(2,3)31-13-19-44-37(25-31)38-26-32(55(4,5)6)14-20-45(38)61(44)48-23-17-35-41-29-42-36-18-24-49(60-53(36)64-51(42)43(30-58)50(41)63-52(35)59-48)62-46-21-15-33(56(7,8)9)27-39(46)40-28-34(57(10,11)12)16-22-47(40)62/h13-29H,1-12H3. The summed E-state index contributed by atoms with van der Waals surface area (Å²) >= 11 is 0. The molecule has 0 fully saturated rings. The number of rotatable bonds is 2. The van der Waals surface area contributed by atoms with E-state index in [-0.39, 0.29) is 21.7 Å². The van der Waals surface area contributed by atoms with Gasteiger partial charge in [0.05, 0.1) is 22.1 Å². The molecule has 5 aromatic carbocycles. The monoisotopic (exact) mass is 839 g/mol. The molecule has 0 bridgehead atoms. The Balaban J connectivity index is 1.08. The van der Waals surface area contributed by atoms with Crippen molar-refractivity contribution >= 4 is 87.7 Å². The molecule has 7 nitrogen and oxygen atoms in total. The molecule has 0 unspecified atom stereocenters. The molecule has 0 saturated heterocycles. The smallest absolute Gasteiger partial charge is 0.229 e. The van der Waals surface area contributed by atoms with Crippen LogP contribution >= 0.6 is 0 Å². The van der Waals surface area contributed by atoms with Gasteiger partial charge in [0.1, 0.15) is 23.3 Å². The SMILES string of the molecule is CC(C)(C)c1ccc2c(c1)c1cc(C(C)(C)C)ccc1n2-c1ccc2c(n1)oc1c(C#N)c3oc4nc(-n5c6ccc(C(C)(C)C)cc6c6cc(C(C)(C)C)ccc65)ccc4c3cc12. The van der Waals surface area contributed by atoms with Crippen LogP contribution in [0.15, 0.2) is 112 Å². The van der Waals surface area contributed by atoms with Gasteiger partial charge in [-0.25, -0.2) is 0 Å². The number of hydrogen-bond donors (Lipinski definition) is 0. The van der Waals surface area contributed by atoms with E-state index in [1.54, 1.807) is 0 Å². The van der Waals surface area contributed by atoms with E-state index in [0.717, 1.165) is 55.2 Å². The molecule has 0 aliphatic rings. The van der Waals surface area contributed by atoms with Crippen molar-refractivity contribution in [2.24, 2.45) is 0 Å². The Morgan fingerprint density at radius 3 is 0.984 bits per heavy atom. The quantitative estimate of drug-likeness (QED) is 0.173. The molecule has 0 N–H and O–H groups in total. The fraction of sp³-hybridized carbons (Fsp3) is 0.281. The van der Waals surface area contributed by atoms with Crippen LogP contribution in [0.25, 0.3) is 99.4 Å². The van der Waals surface area contributed by atoms with Crippen molar-refractivity contribution in [1.29, 1.82) is 5.26 Å². The van der Waals surface area contributed by atoms with E-state index in [1.807, 2.05) is 0 Å². The molecule has 64 heavy (non-hydrogen) atoms. The lowest BCUT2D eigenvalue weighted by molar-refractivity contribution is 0.590. The Morgan fingerprint density at radius 1 is 0.391 bits per heavy atom. The van der Waals surface area contributed by atoms with Crippen molar-refractivity contribution in [2.75, 3.05) is 0 Å². The first kappa shape index (κ1) is 39.9. The maximum Gasteiger partial charge on any atom is 0.229 e. The number of benzene rings is 5. The molecule has 0 atom stereocenters. The van der Waals surface area contributed by atoms with Crippen molar-refractivity contribution in [3.8, 4) is 17.7 Å². The molecule has 0 aliphatic carbocycles. The molecule has 0 spiro atoms. The molecule has 11 rings (SSSR count). The van der Waals surface area contributed by atoms with Gasteiger partial charge in [-0.1, -0.05) is 107 Å². The summed E-state index contributed by atoms with van der Waals surface area (Å²) in [5, 5.41) is 18.8. The number of hydrogen-bond acceptors (Lipinski definition) is 5. The van der Waals surface area contributed by atoms with Gasteiger partial charge in [-0.05, 0) is 123 Å². The summed E-state index contributed by atoms with van der Waals surface area (Å²) in [6.45, 7) is 27.1. The highest BCUT2D eigenvalue weighted by Crippen LogP contribution is 2.43. The van der Waals surface area contributed by atoms with Crippen LogP contribution in [-0.2, 0) is 21.7 Å². The van der Waals surface area contributed by atoms with E-state index in [0.29, 0.717) is 28.2 Å². The lowest BCUT2D eigenvalue weighted by Gasteiger charge is -2.19. The van der Waals surface area contributed by atoms with E-state index < -0.39 is 0 Å². The summed E-state index contributed by atoms with van der Waals surface area (Å²) in [5.74, 6) is 1.49. The minimum atomic E-state index is -0.00311. The van der Waals surface area contributed by atoms with Gasteiger partial charge in [0.2, 0.25) is 11.4 Å². The molecule has 7 heteroatoms. The van der Waals surface area contributed by atoms with E-state index in [1.165, 1.54) is 43.8 Å². The van der Waals surface area contributed by atoms with E-state index >= 15 is 0 Å². The Labute approximate surface area is 372 Å². The average molecular weight is 840 g/mol. The van der Waals surface area contributed by atoms with E-state index in [9.17, 15) is 5.26 Å². The minimum absolute atomic E-state index is 0.00311. The maximum absolute atomic E-state index is 10.8. The summed E-state index contributed by atoms with van der Waals surface area (Å²) in [4.78, 5) is 10.4. The highest BCUT2D eigenvalue weighted by atomic mass is 16.4. The number of pyridine rings is 2. The number of nitrogens with zero attached hydrogens (tertiary/aromatic N) is 5. The summed E-state index contributed by atoms with van der Waals surface area (Å²) in [5.41, 5.74) is 11.6. The Morgan fingerprint density at radius 2 is 0.703 bits per heavy atom. The third kappa shape index (κ3) is 5.91. The lowest BCUT2D eigenvalue weighted by atomic mass is 9.85. The molecule has 0 amide bonds. The van der Waals surface area contributed by atoms with Crippen molar-refractivity contribution in [3.05, 3.63) is 131 Å². The number of nitriles is 1. The Hall–Kier alpha value is -6.91. The predicted octanol–water partition coefficient (Wildman–Crippen LogP) is 15.5. The second-order valence-electron chi connectivity index (χ2n) is 22.0. The topological polar surface area (TPSA) is 85.7 Å². The summed E-state index contributed by atoms with van der Waals surface area (Å²) in [7, 11) is 0. The van der Waals surface area contributed by atoms with Crippen LogP contribution in [0.5, 0.6) is 0 Å². The molecule has 0 saturated carbocycles. The van der Waals surface area contributed by atoms with Gasteiger partial charge in [0, 0.05) is 43.1 Å². The first-order valence-corrected chi connectivity index (χ1v) is 22.4. The van der Waals surface area contributed by atoms with Crippen LogP contribution in [-0.4, -0.2) is 19.1 Å². The average Bonchev–Trinajstić information content (AvgIpc) is 3.97. The van der Waals surface area contributed by atoms with Gasteiger partial charge >= 0.3 is 0 Å². The van der Waals surface area contributed by atoms with E-state index in [4.69, 9.17) is 18.8 Å². The van der Waals surface area contributed by atoms with Gasteiger partial charge in [-0.15, -0.1) is 0 Å². The Kier molecular flexibility index (Phi) is 8.15. The largest absolute Gasteiger partial charge is 0.436 e. The van der Waals surface area contributed by atoms with Crippen molar-refractivity contribution in [3.63, 3.8) is 0 Å². The third-order valence-corrected chi connectivity index (χ3v) is 13.5. The fourth-order valence-corrected chi connectivity index (χ4v) is 9.64. The second kappa shape index (κ2) is 13.1. The van der Waals surface area contributed by atoms with Gasteiger partial charge in [-0.2, -0.15) is 15.2 Å². The molecule has 0 radical (unpaired) electrons.